The van der Waals surface area contributed by atoms with Gasteiger partial charge in [0.25, 0.3) is 17.5 Å². The van der Waals surface area contributed by atoms with Crippen molar-refractivity contribution in [2.45, 2.75) is 0 Å². The van der Waals surface area contributed by atoms with E-state index in [-0.39, 0.29) is 17.0 Å². The minimum Gasteiger partial charge on any atom is -0.457 e. The van der Waals surface area contributed by atoms with Crippen molar-refractivity contribution in [3.63, 3.8) is 0 Å². The molecule has 0 bridgehead atoms. The number of hydrogen-bond acceptors (Lipinski definition) is 5. The summed E-state index contributed by atoms with van der Waals surface area (Å²) >= 11 is 0. The second-order valence-electron chi connectivity index (χ2n) is 5.98. The van der Waals surface area contributed by atoms with Gasteiger partial charge in [0.2, 0.25) is 0 Å². The molecule has 8 heteroatoms. The summed E-state index contributed by atoms with van der Waals surface area (Å²) in [6, 6.07) is 17.9. The van der Waals surface area contributed by atoms with Crippen LogP contribution in [0.25, 0.3) is 17.4 Å². The number of nitrogens with one attached hydrogen (secondary N) is 1. The van der Waals surface area contributed by atoms with Crippen molar-refractivity contribution >= 4 is 29.3 Å². The summed E-state index contributed by atoms with van der Waals surface area (Å²) < 4.78 is 5.65. The van der Waals surface area contributed by atoms with Gasteiger partial charge in [-0.15, -0.1) is 0 Å². The van der Waals surface area contributed by atoms with Gasteiger partial charge in [0.1, 0.15) is 17.1 Å². The normalized spacial score (nSPS) is 15.1. The highest BCUT2D eigenvalue weighted by molar-refractivity contribution is 6.31. The van der Waals surface area contributed by atoms with E-state index < -0.39 is 16.7 Å². The number of amides is 2. The van der Waals surface area contributed by atoms with Gasteiger partial charge in [0, 0.05) is 17.7 Å². The van der Waals surface area contributed by atoms with E-state index in [4.69, 9.17) is 4.42 Å². The number of benzene rings is 2. The number of rotatable bonds is 4. The first-order valence-corrected chi connectivity index (χ1v) is 8.30. The Bertz CT molecular complexity index is 1120. The number of para-hydroxylation sites is 1. The number of hydrogen-bond donors (Lipinski definition) is 1. The number of nitrogens with zero attached hydrogens (tertiary/aromatic N) is 2. The average molecular weight is 375 g/mol. The van der Waals surface area contributed by atoms with Crippen molar-refractivity contribution in [3.8, 4) is 11.3 Å². The number of furan rings is 1. The van der Waals surface area contributed by atoms with Crippen LogP contribution in [0.15, 0.2) is 76.7 Å². The minimum atomic E-state index is -0.540. The Kier molecular flexibility index (Phi) is 4.21. The molecule has 1 aliphatic rings. The molecular weight excluding hydrogens is 362 g/mol. The molecule has 0 radical (unpaired) electrons. The van der Waals surface area contributed by atoms with Crippen LogP contribution in [0, 0.1) is 10.1 Å². The topological polar surface area (TPSA) is 106 Å². The largest absolute Gasteiger partial charge is 0.457 e. The molecule has 0 saturated carbocycles. The zero-order chi connectivity index (χ0) is 19.7. The number of carbonyl (C=O) groups is 2. The number of hydrazine groups is 1. The third kappa shape index (κ3) is 3.14. The van der Waals surface area contributed by atoms with Gasteiger partial charge < -0.3 is 4.42 Å². The quantitative estimate of drug-likeness (QED) is 0.326. The molecule has 0 spiro atoms. The molecule has 0 unspecified atom stereocenters. The smallest absolute Gasteiger partial charge is 0.282 e. The molecule has 1 saturated heterocycles. The Labute approximate surface area is 158 Å². The molecule has 0 aliphatic carbocycles. The van der Waals surface area contributed by atoms with Gasteiger partial charge in [-0.3, -0.25) is 25.1 Å². The number of nitro groups is 1. The van der Waals surface area contributed by atoms with Crippen molar-refractivity contribution in [2.24, 2.45) is 0 Å². The third-order valence-corrected chi connectivity index (χ3v) is 4.16. The van der Waals surface area contributed by atoms with Crippen LogP contribution in [0.2, 0.25) is 0 Å². The molecule has 1 aliphatic heterocycles. The molecule has 4 rings (SSSR count). The van der Waals surface area contributed by atoms with Gasteiger partial charge in [-0.2, -0.15) is 0 Å². The second-order valence-corrected chi connectivity index (χ2v) is 5.98. The van der Waals surface area contributed by atoms with E-state index in [0.29, 0.717) is 17.0 Å². The van der Waals surface area contributed by atoms with Crippen LogP contribution in [-0.4, -0.2) is 16.7 Å². The first-order valence-electron chi connectivity index (χ1n) is 8.30. The van der Waals surface area contributed by atoms with Crippen molar-refractivity contribution in [3.05, 3.63) is 88.2 Å². The molecule has 0 atom stereocenters. The zero-order valence-electron chi connectivity index (χ0n) is 14.4. The summed E-state index contributed by atoms with van der Waals surface area (Å²) in [7, 11) is 0. The second kappa shape index (κ2) is 6.84. The fourth-order valence-electron chi connectivity index (χ4n) is 2.82. The van der Waals surface area contributed by atoms with Crippen molar-refractivity contribution in [1.82, 2.24) is 5.43 Å². The molecule has 28 heavy (non-hydrogen) atoms. The van der Waals surface area contributed by atoms with Crippen LogP contribution < -0.4 is 10.4 Å². The molecule has 1 N–H and O–H groups in total. The van der Waals surface area contributed by atoms with Crippen LogP contribution in [0.5, 0.6) is 0 Å². The SMILES string of the molecule is O=C1NN(c2ccccc2)C(=O)/C1=C/c1ccc(-c2cccc([N+](=O)[O-])c2)o1. The molecule has 1 fully saturated rings. The van der Waals surface area contributed by atoms with Crippen molar-refractivity contribution < 1.29 is 18.9 Å². The number of nitro benzene ring substituents is 1. The molecule has 3 aromatic rings. The van der Waals surface area contributed by atoms with Crippen LogP contribution in [0.1, 0.15) is 5.76 Å². The monoisotopic (exact) mass is 375 g/mol. The van der Waals surface area contributed by atoms with Gasteiger partial charge in [0.15, 0.2) is 0 Å². The fraction of sp³-hybridized carbons (Fsp3) is 0. The summed E-state index contributed by atoms with van der Waals surface area (Å²) in [6.45, 7) is 0. The van der Waals surface area contributed by atoms with Crippen LogP contribution in [0.3, 0.4) is 0 Å². The summed E-state index contributed by atoms with van der Waals surface area (Å²) in [5, 5.41) is 12.1. The predicted octanol–water partition coefficient (Wildman–Crippen LogP) is 3.32. The lowest BCUT2D eigenvalue weighted by Gasteiger charge is -2.13. The van der Waals surface area contributed by atoms with Gasteiger partial charge in [-0.05, 0) is 30.3 Å². The molecule has 1 aromatic heterocycles. The minimum absolute atomic E-state index is 0.0577. The van der Waals surface area contributed by atoms with Gasteiger partial charge >= 0.3 is 0 Å². The van der Waals surface area contributed by atoms with Gasteiger partial charge in [0.05, 0.1) is 10.6 Å². The highest BCUT2D eigenvalue weighted by atomic mass is 16.6. The highest BCUT2D eigenvalue weighted by Gasteiger charge is 2.34. The zero-order valence-corrected chi connectivity index (χ0v) is 14.4. The Morgan fingerprint density at radius 1 is 1.00 bits per heavy atom. The van der Waals surface area contributed by atoms with E-state index in [2.05, 4.69) is 5.43 Å². The Hall–Kier alpha value is -4.20. The van der Waals surface area contributed by atoms with Gasteiger partial charge in [-0.25, -0.2) is 5.01 Å². The summed E-state index contributed by atoms with van der Waals surface area (Å²) in [6.07, 6.45) is 1.35. The number of non-ortho nitro benzene ring substituents is 1. The average Bonchev–Trinajstić information content (AvgIpc) is 3.29. The standard InChI is InChI=1S/C20H13N3O5/c24-19-17(20(25)22(21-19)14-6-2-1-3-7-14)12-16-9-10-18(28-16)13-5-4-8-15(11-13)23(26)27/h1-12H,(H,21,24)/b17-12+. The van der Waals surface area contributed by atoms with E-state index >= 15 is 0 Å². The maximum Gasteiger partial charge on any atom is 0.282 e. The summed E-state index contributed by atoms with van der Waals surface area (Å²) in [5.74, 6) is -0.358. The van der Waals surface area contributed by atoms with E-state index in [9.17, 15) is 19.7 Å². The van der Waals surface area contributed by atoms with Crippen molar-refractivity contribution in [1.29, 1.82) is 0 Å². The maximum atomic E-state index is 12.6. The van der Waals surface area contributed by atoms with Gasteiger partial charge in [-0.1, -0.05) is 30.3 Å². The lowest BCUT2D eigenvalue weighted by molar-refractivity contribution is -0.384. The van der Waals surface area contributed by atoms with E-state index in [1.807, 2.05) is 0 Å². The molecule has 2 aromatic carbocycles. The first-order chi connectivity index (χ1) is 13.5. The first kappa shape index (κ1) is 17.2. The molecule has 8 nitrogen and oxygen atoms in total. The highest BCUT2D eigenvalue weighted by Crippen LogP contribution is 2.27. The van der Waals surface area contributed by atoms with E-state index in [1.165, 1.54) is 23.2 Å². The van der Waals surface area contributed by atoms with Crippen LogP contribution >= 0.6 is 0 Å². The summed E-state index contributed by atoms with van der Waals surface area (Å²) in [4.78, 5) is 35.2. The molecular formula is C20H13N3O5. The maximum absolute atomic E-state index is 12.6. The van der Waals surface area contributed by atoms with Crippen LogP contribution in [0.4, 0.5) is 11.4 Å². The van der Waals surface area contributed by atoms with E-state index in [0.717, 1.165) is 0 Å². The Balaban J connectivity index is 1.62. The molecule has 138 valence electrons. The number of carbonyl (C=O) groups excluding carboxylic acids is 2. The Morgan fingerprint density at radius 2 is 1.79 bits per heavy atom. The molecule has 2 amide bonds. The lowest BCUT2D eigenvalue weighted by Crippen LogP contribution is -2.35. The van der Waals surface area contributed by atoms with Crippen molar-refractivity contribution in [2.75, 3.05) is 5.01 Å². The fourth-order valence-corrected chi connectivity index (χ4v) is 2.82. The third-order valence-electron chi connectivity index (χ3n) is 4.16. The lowest BCUT2D eigenvalue weighted by atomic mass is 10.1. The predicted molar refractivity (Wildman–Crippen MR) is 101 cm³/mol. The number of anilines is 1. The molecule has 2 heterocycles. The summed E-state index contributed by atoms with van der Waals surface area (Å²) in [5.41, 5.74) is 3.45. The van der Waals surface area contributed by atoms with E-state index in [1.54, 1.807) is 54.6 Å². The Morgan fingerprint density at radius 3 is 2.54 bits per heavy atom. The van der Waals surface area contributed by atoms with Crippen LogP contribution in [-0.2, 0) is 9.59 Å².